The highest BCUT2D eigenvalue weighted by Gasteiger charge is 2.15. The fourth-order valence-electron chi connectivity index (χ4n) is 2.53. The molecular formula is C14H17N3. The third-order valence-electron chi connectivity index (χ3n) is 3.51. The Morgan fingerprint density at radius 1 is 1.18 bits per heavy atom. The normalized spacial score (nSPS) is 14.6. The summed E-state index contributed by atoms with van der Waals surface area (Å²) in [5.74, 6) is 0. The summed E-state index contributed by atoms with van der Waals surface area (Å²) in [4.78, 5) is 4.50. The summed E-state index contributed by atoms with van der Waals surface area (Å²) in [6, 6.07) is 8.06. The van der Waals surface area contributed by atoms with Gasteiger partial charge < -0.3 is 10.3 Å². The fraction of sp³-hybridized carbons (Fsp3) is 0.357. The molecule has 2 N–H and O–H groups in total. The van der Waals surface area contributed by atoms with Gasteiger partial charge in [0.05, 0.1) is 18.6 Å². The minimum Gasteiger partial charge on any atom is -0.398 e. The third kappa shape index (κ3) is 1.93. The Balaban J connectivity index is 1.91. The summed E-state index contributed by atoms with van der Waals surface area (Å²) in [6.45, 7) is 0.842. The number of benzene rings is 1. The van der Waals surface area contributed by atoms with Crippen LogP contribution in [0.1, 0.15) is 29.8 Å². The van der Waals surface area contributed by atoms with E-state index in [0.29, 0.717) is 0 Å². The minimum atomic E-state index is 0.842. The number of aryl methyl sites for hydroxylation is 1. The zero-order valence-corrected chi connectivity index (χ0v) is 9.89. The lowest BCUT2D eigenvalue weighted by Crippen LogP contribution is -2.09. The van der Waals surface area contributed by atoms with Gasteiger partial charge in [0.1, 0.15) is 0 Å². The molecule has 3 nitrogen and oxygen atoms in total. The number of rotatable bonds is 2. The van der Waals surface area contributed by atoms with Crippen molar-refractivity contribution in [1.29, 1.82) is 0 Å². The van der Waals surface area contributed by atoms with E-state index in [1.54, 1.807) is 0 Å². The standard InChI is InChI=1S/C14H17N3/c15-12-6-2-1-5-11(12)9-17-10-16-13-7-3-4-8-14(13)17/h1-2,5-6,10H,3-4,7-9,15H2. The van der Waals surface area contributed by atoms with E-state index in [-0.39, 0.29) is 0 Å². The van der Waals surface area contributed by atoms with Gasteiger partial charge in [-0.05, 0) is 37.3 Å². The Hall–Kier alpha value is -1.77. The Morgan fingerprint density at radius 3 is 2.88 bits per heavy atom. The number of aromatic nitrogens is 2. The predicted molar refractivity (Wildman–Crippen MR) is 68.8 cm³/mol. The first-order chi connectivity index (χ1) is 8.34. The van der Waals surface area contributed by atoms with E-state index < -0.39 is 0 Å². The average molecular weight is 227 g/mol. The average Bonchev–Trinajstić information content (AvgIpc) is 2.76. The Kier molecular flexibility index (Phi) is 2.59. The first-order valence-electron chi connectivity index (χ1n) is 6.21. The van der Waals surface area contributed by atoms with Crippen LogP contribution in [0.3, 0.4) is 0 Å². The second-order valence-corrected chi connectivity index (χ2v) is 4.67. The van der Waals surface area contributed by atoms with Crippen LogP contribution in [-0.2, 0) is 19.4 Å². The van der Waals surface area contributed by atoms with Gasteiger partial charge in [0, 0.05) is 11.4 Å². The molecule has 88 valence electrons. The van der Waals surface area contributed by atoms with Crippen molar-refractivity contribution < 1.29 is 0 Å². The van der Waals surface area contributed by atoms with Gasteiger partial charge in [-0.3, -0.25) is 0 Å². The molecule has 0 radical (unpaired) electrons. The quantitative estimate of drug-likeness (QED) is 0.801. The number of fused-ring (bicyclic) bond motifs is 1. The maximum atomic E-state index is 5.98. The molecule has 2 aromatic rings. The molecule has 0 saturated heterocycles. The summed E-state index contributed by atoms with van der Waals surface area (Å²) < 4.78 is 2.25. The van der Waals surface area contributed by atoms with Gasteiger partial charge in [-0.15, -0.1) is 0 Å². The molecule has 0 saturated carbocycles. The molecule has 0 fully saturated rings. The molecule has 17 heavy (non-hydrogen) atoms. The zero-order chi connectivity index (χ0) is 11.7. The summed E-state index contributed by atoms with van der Waals surface area (Å²) >= 11 is 0. The van der Waals surface area contributed by atoms with Gasteiger partial charge >= 0.3 is 0 Å². The van der Waals surface area contributed by atoms with Crippen LogP contribution in [-0.4, -0.2) is 9.55 Å². The van der Waals surface area contributed by atoms with Gasteiger partial charge in [0.2, 0.25) is 0 Å². The Bertz CT molecular complexity index is 528. The van der Waals surface area contributed by atoms with E-state index >= 15 is 0 Å². The van der Waals surface area contributed by atoms with Gasteiger partial charge in [0.25, 0.3) is 0 Å². The SMILES string of the molecule is Nc1ccccc1Cn1cnc2c1CCCC2. The molecule has 3 rings (SSSR count). The maximum absolute atomic E-state index is 5.98. The number of nitrogen functional groups attached to an aromatic ring is 1. The molecule has 1 aromatic heterocycles. The monoisotopic (exact) mass is 227 g/mol. The van der Waals surface area contributed by atoms with Crippen LogP contribution >= 0.6 is 0 Å². The van der Waals surface area contributed by atoms with Crippen molar-refractivity contribution in [1.82, 2.24) is 9.55 Å². The summed E-state index contributed by atoms with van der Waals surface area (Å²) in [5, 5.41) is 0. The van der Waals surface area contributed by atoms with Crippen molar-refractivity contribution in [3.63, 3.8) is 0 Å². The topological polar surface area (TPSA) is 43.8 Å². The summed E-state index contributed by atoms with van der Waals surface area (Å²) in [5.41, 5.74) is 10.7. The highest BCUT2D eigenvalue weighted by molar-refractivity contribution is 5.46. The van der Waals surface area contributed by atoms with Crippen molar-refractivity contribution in [2.24, 2.45) is 0 Å². The minimum absolute atomic E-state index is 0.842. The van der Waals surface area contributed by atoms with Crippen molar-refractivity contribution in [3.8, 4) is 0 Å². The first-order valence-corrected chi connectivity index (χ1v) is 6.21. The predicted octanol–water partition coefficient (Wildman–Crippen LogP) is 2.39. The number of hydrogen-bond donors (Lipinski definition) is 1. The van der Waals surface area contributed by atoms with Crippen LogP contribution in [0.5, 0.6) is 0 Å². The number of nitrogens with zero attached hydrogens (tertiary/aromatic N) is 2. The largest absolute Gasteiger partial charge is 0.398 e. The van der Waals surface area contributed by atoms with E-state index in [2.05, 4.69) is 15.6 Å². The molecule has 0 atom stereocenters. The van der Waals surface area contributed by atoms with Crippen LogP contribution in [0.15, 0.2) is 30.6 Å². The first kappa shape index (κ1) is 10.4. The van der Waals surface area contributed by atoms with E-state index in [0.717, 1.165) is 25.1 Å². The van der Waals surface area contributed by atoms with Crippen molar-refractivity contribution in [2.75, 3.05) is 5.73 Å². The van der Waals surface area contributed by atoms with E-state index in [1.807, 2.05) is 24.5 Å². The van der Waals surface area contributed by atoms with E-state index in [4.69, 9.17) is 5.73 Å². The molecule has 1 heterocycles. The molecule has 0 amide bonds. The fourth-order valence-corrected chi connectivity index (χ4v) is 2.53. The lowest BCUT2D eigenvalue weighted by atomic mass is 10.0. The zero-order valence-electron chi connectivity index (χ0n) is 9.89. The lowest BCUT2D eigenvalue weighted by Gasteiger charge is -2.14. The highest BCUT2D eigenvalue weighted by Crippen LogP contribution is 2.21. The summed E-state index contributed by atoms with van der Waals surface area (Å²) in [6.07, 6.45) is 6.80. The van der Waals surface area contributed by atoms with Crippen molar-refractivity contribution in [3.05, 3.63) is 47.5 Å². The molecule has 0 bridgehead atoms. The van der Waals surface area contributed by atoms with Crippen LogP contribution in [0, 0.1) is 0 Å². The maximum Gasteiger partial charge on any atom is 0.0954 e. The number of imidazole rings is 1. The molecule has 1 aromatic carbocycles. The molecule has 3 heteroatoms. The Labute approximate surface area is 101 Å². The van der Waals surface area contributed by atoms with Crippen LogP contribution in [0.25, 0.3) is 0 Å². The number of para-hydroxylation sites is 1. The summed E-state index contributed by atoms with van der Waals surface area (Å²) in [7, 11) is 0. The smallest absolute Gasteiger partial charge is 0.0954 e. The number of anilines is 1. The highest BCUT2D eigenvalue weighted by atomic mass is 15.1. The van der Waals surface area contributed by atoms with Crippen LogP contribution in [0.2, 0.25) is 0 Å². The molecule has 1 aliphatic rings. The van der Waals surface area contributed by atoms with Gasteiger partial charge in [-0.25, -0.2) is 4.98 Å². The van der Waals surface area contributed by atoms with Gasteiger partial charge in [-0.2, -0.15) is 0 Å². The molecule has 0 unspecified atom stereocenters. The van der Waals surface area contributed by atoms with Crippen molar-refractivity contribution >= 4 is 5.69 Å². The van der Waals surface area contributed by atoms with Gasteiger partial charge in [0.15, 0.2) is 0 Å². The van der Waals surface area contributed by atoms with Crippen molar-refractivity contribution in [2.45, 2.75) is 32.2 Å². The number of nitrogens with two attached hydrogens (primary N) is 1. The van der Waals surface area contributed by atoms with Crippen LogP contribution < -0.4 is 5.73 Å². The molecule has 0 spiro atoms. The Morgan fingerprint density at radius 2 is 2.00 bits per heavy atom. The molecule has 1 aliphatic carbocycles. The number of hydrogen-bond acceptors (Lipinski definition) is 2. The van der Waals surface area contributed by atoms with E-state index in [9.17, 15) is 0 Å². The lowest BCUT2D eigenvalue weighted by molar-refractivity contribution is 0.629. The van der Waals surface area contributed by atoms with Crippen LogP contribution in [0.4, 0.5) is 5.69 Å². The molecule has 0 aliphatic heterocycles. The third-order valence-corrected chi connectivity index (χ3v) is 3.51. The van der Waals surface area contributed by atoms with E-state index in [1.165, 1.54) is 29.8 Å². The second kappa shape index (κ2) is 4.24. The van der Waals surface area contributed by atoms with Gasteiger partial charge in [-0.1, -0.05) is 18.2 Å². The molecular weight excluding hydrogens is 210 g/mol. The second-order valence-electron chi connectivity index (χ2n) is 4.67.